The van der Waals surface area contributed by atoms with Crippen LogP contribution >= 0.6 is 0 Å². The van der Waals surface area contributed by atoms with Gasteiger partial charge in [-0.25, -0.2) is 9.97 Å². The Morgan fingerprint density at radius 1 is 1.12 bits per heavy atom. The van der Waals surface area contributed by atoms with E-state index in [2.05, 4.69) is 53.0 Å². The van der Waals surface area contributed by atoms with Crippen molar-refractivity contribution in [1.29, 1.82) is 0 Å². The van der Waals surface area contributed by atoms with Crippen LogP contribution in [0.15, 0.2) is 10.7 Å². The van der Waals surface area contributed by atoms with Gasteiger partial charge in [0.05, 0.1) is 11.3 Å². The predicted octanol–water partition coefficient (Wildman–Crippen LogP) is 3.59. The molecule has 0 saturated heterocycles. The van der Waals surface area contributed by atoms with Gasteiger partial charge in [0.15, 0.2) is 5.82 Å². The highest BCUT2D eigenvalue weighted by Gasteiger charge is 2.16. The van der Waals surface area contributed by atoms with Crippen molar-refractivity contribution >= 4 is 5.82 Å². The lowest BCUT2D eigenvalue weighted by molar-refractivity contribution is 0.182. The Balaban J connectivity index is 2.12. The summed E-state index contributed by atoms with van der Waals surface area (Å²) < 4.78 is 5.23. The quantitative estimate of drug-likeness (QED) is 0.836. The first-order chi connectivity index (χ1) is 11.3. The van der Waals surface area contributed by atoms with Gasteiger partial charge in [-0.2, -0.15) is 0 Å². The zero-order valence-corrected chi connectivity index (χ0v) is 15.8. The van der Waals surface area contributed by atoms with Crippen molar-refractivity contribution in [2.75, 3.05) is 18.4 Å². The molecule has 6 heteroatoms. The number of hydrogen-bond donors (Lipinski definition) is 1. The van der Waals surface area contributed by atoms with E-state index in [9.17, 15) is 0 Å². The molecule has 0 amide bonds. The van der Waals surface area contributed by atoms with Crippen LogP contribution in [0.3, 0.4) is 0 Å². The molecule has 0 unspecified atom stereocenters. The maximum absolute atomic E-state index is 5.23. The molecule has 0 radical (unpaired) electrons. The fourth-order valence-corrected chi connectivity index (χ4v) is 2.96. The first-order valence-electron chi connectivity index (χ1n) is 8.57. The number of nitrogens with one attached hydrogen (secondary N) is 1. The van der Waals surface area contributed by atoms with Crippen molar-refractivity contribution in [3.05, 3.63) is 23.2 Å². The van der Waals surface area contributed by atoms with Gasteiger partial charge in [-0.15, -0.1) is 0 Å². The minimum atomic E-state index is 0.524. The molecule has 132 valence electrons. The van der Waals surface area contributed by atoms with E-state index >= 15 is 0 Å². The summed E-state index contributed by atoms with van der Waals surface area (Å²) in [6.45, 7) is 16.5. The second kappa shape index (κ2) is 7.75. The molecule has 24 heavy (non-hydrogen) atoms. The molecule has 0 atom stereocenters. The highest BCUT2D eigenvalue weighted by atomic mass is 16.5. The minimum absolute atomic E-state index is 0.524. The monoisotopic (exact) mass is 331 g/mol. The Labute approximate surface area is 144 Å². The molecule has 0 aromatic carbocycles. The Kier molecular flexibility index (Phi) is 5.94. The van der Waals surface area contributed by atoms with Gasteiger partial charge < -0.3 is 9.84 Å². The first-order valence-corrected chi connectivity index (χ1v) is 8.57. The van der Waals surface area contributed by atoms with E-state index in [0.29, 0.717) is 17.9 Å². The largest absolute Gasteiger partial charge is 0.368 e. The number of hydrogen-bond acceptors (Lipinski definition) is 6. The number of anilines is 1. The number of nitrogens with zero attached hydrogens (tertiary/aromatic N) is 4. The van der Waals surface area contributed by atoms with E-state index in [1.165, 1.54) is 0 Å². The molecule has 0 aliphatic carbocycles. The molecule has 0 saturated carbocycles. The normalized spacial score (nSPS) is 11.8. The van der Waals surface area contributed by atoms with E-state index in [0.717, 1.165) is 41.5 Å². The molecule has 0 spiro atoms. The van der Waals surface area contributed by atoms with Crippen molar-refractivity contribution in [2.45, 2.75) is 60.5 Å². The topological polar surface area (TPSA) is 67.1 Å². The van der Waals surface area contributed by atoms with E-state index in [1.807, 2.05) is 27.0 Å². The lowest BCUT2D eigenvalue weighted by Crippen LogP contribution is -2.40. The standard InChI is InChI=1S/C18H29N5O/c1-11(2)23(12(3)4)9-8-19-17-13(5)10-20-18(21-17)16-14(6)22-24-15(16)7/h10-12H,8-9H2,1-7H3,(H,19,20,21). The van der Waals surface area contributed by atoms with E-state index in [-0.39, 0.29) is 0 Å². The number of aromatic nitrogens is 3. The van der Waals surface area contributed by atoms with Gasteiger partial charge in [0, 0.05) is 36.9 Å². The molecule has 1 N–H and O–H groups in total. The highest BCUT2D eigenvalue weighted by molar-refractivity contribution is 5.62. The summed E-state index contributed by atoms with van der Waals surface area (Å²) in [7, 11) is 0. The Morgan fingerprint density at radius 2 is 1.79 bits per heavy atom. The van der Waals surface area contributed by atoms with Crippen LogP contribution in [0.25, 0.3) is 11.4 Å². The summed E-state index contributed by atoms with van der Waals surface area (Å²) in [5, 5.41) is 7.44. The second-order valence-corrected chi connectivity index (χ2v) is 6.78. The average Bonchev–Trinajstić information content (AvgIpc) is 2.84. The maximum atomic E-state index is 5.23. The first kappa shape index (κ1) is 18.4. The van der Waals surface area contributed by atoms with Gasteiger partial charge in [0.25, 0.3) is 0 Å². The highest BCUT2D eigenvalue weighted by Crippen LogP contribution is 2.25. The summed E-state index contributed by atoms with van der Waals surface area (Å²) in [5.41, 5.74) is 2.73. The molecule has 2 aromatic heterocycles. The maximum Gasteiger partial charge on any atom is 0.167 e. The smallest absolute Gasteiger partial charge is 0.167 e. The molecule has 0 aliphatic rings. The molecule has 2 aromatic rings. The molecule has 6 nitrogen and oxygen atoms in total. The van der Waals surface area contributed by atoms with Crippen molar-refractivity contribution in [1.82, 2.24) is 20.0 Å². The van der Waals surface area contributed by atoms with Crippen molar-refractivity contribution in [3.63, 3.8) is 0 Å². The Morgan fingerprint density at radius 3 is 2.33 bits per heavy atom. The fourth-order valence-electron chi connectivity index (χ4n) is 2.96. The lowest BCUT2D eigenvalue weighted by atomic mass is 10.2. The zero-order valence-electron chi connectivity index (χ0n) is 15.8. The summed E-state index contributed by atoms with van der Waals surface area (Å²) in [4.78, 5) is 11.6. The van der Waals surface area contributed by atoms with E-state index < -0.39 is 0 Å². The Hall–Kier alpha value is -1.95. The second-order valence-electron chi connectivity index (χ2n) is 6.78. The third-order valence-corrected chi connectivity index (χ3v) is 4.22. The zero-order chi connectivity index (χ0) is 17.9. The summed E-state index contributed by atoms with van der Waals surface area (Å²) >= 11 is 0. The number of aryl methyl sites for hydroxylation is 3. The van der Waals surface area contributed by atoms with Gasteiger partial charge in [0.2, 0.25) is 0 Å². The SMILES string of the molecule is Cc1cnc(-c2c(C)noc2C)nc1NCCN(C(C)C)C(C)C. The van der Waals surface area contributed by atoms with Crippen molar-refractivity contribution in [3.8, 4) is 11.4 Å². The number of rotatable bonds is 7. The van der Waals surface area contributed by atoms with Crippen molar-refractivity contribution < 1.29 is 4.52 Å². The van der Waals surface area contributed by atoms with E-state index in [1.54, 1.807) is 0 Å². The summed E-state index contributed by atoms with van der Waals surface area (Å²) in [6.07, 6.45) is 1.85. The van der Waals surface area contributed by atoms with Gasteiger partial charge in [0.1, 0.15) is 11.6 Å². The van der Waals surface area contributed by atoms with Crippen LogP contribution in [0.2, 0.25) is 0 Å². The van der Waals surface area contributed by atoms with Crippen LogP contribution in [0.4, 0.5) is 5.82 Å². The predicted molar refractivity (Wildman–Crippen MR) is 97.2 cm³/mol. The molecular weight excluding hydrogens is 302 g/mol. The van der Waals surface area contributed by atoms with Crippen LogP contribution in [0, 0.1) is 20.8 Å². The molecule has 0 aliphatic heterocycles. The van der Waals surface area contributed by atoms with Gasteiger partial charge in [-0.1, -0.05) is 5.16 Å². The minimum Gasteiger partial charge on any atom is -0.368 e. The summed E-state index contributed by atoms with van der Waals surface area (Å²) in [6, 6.07) is 1.05. The van der Waals surface area contributed by atoms with Crippen LogP contribution in [0.5, 0.6) is 0 Å². The third-order valence-electron chi connectivity index (χ3n) is 4.22. The van der Waals surface area contributed by atoms with Crippen LogP contribution in [-0.4, -0.2) is 45.2 Å². The van der Waals surface area contributed by atoms with Crippen LogP contribution in [0.1, 0.15) is 44.7 Å². The third kappa shape index (κ3) is 4.12. The molecule has 2 rings (SSSR count). The van der Waals surface area contributed by atoms with Gasteiger partial charge >= 0.3 is 0 Å². The molecular formula is C18H29N5O. The average molecular weight is 331 g/mol. The van der Waals surface area contributed by atoms with Crippen molar-refractivity contribution in [2.24, 2.45) is 0 Å². The van der Waals surface area contributed by atoms with Crippen LogP contribution < -0.4 is 5.32 Å². The molecule has 0 bridgehead atoms. The molecule has 2 heterocycles. The summed E-state index contributed by atoms with van der Waals surface area (Å²) in [5.74, 6) is 2.27. The van der Waals surface area contributed by atoms with Gasteiger partial charge in [-0.05, 0) is 48.5 Å². The fraction of sp³-hybridized carbons (Fsp3) is 0.611. The van der Waals surface area contributed by atoms with E-state index in [4.69, 9.17) is 4.52 Å². The van der Waals surface area contributed by atoms with Crippen LogP contribution in [-0.2, 0) is 0 Å². The van der Waals surface area contributed by atoms with Gasteiger partial charge in [-0.3, -0.25) is 4.90 Å². The Bertz CT molecular complexity index is 651. The molecule has 0 fully saturated rings. The lowest BCUT2D eigenvalue weighted by Gasteiger charge is -2.30.